The Hall–Kier alpha value is -2.50. The molecule has 26 heavy (non-hydrogen) atoms. The first-order valence-electron chi connectivity index (χ1n) is 8.69. The first-order valence-corrected chi connectivity index (χ1v) is 8.69. The Morgan fingerprint density at radius 2 is 1.54 bits per heavy atom. The summed E-state index contributed by atoms with van der Waals surface area (Å²) in [6, 6.07) is 2.64. The molecule has 1 aromatic carbocycles. The molecule has 1 unspecified atom stereocenters. The molecule has 1 atom stereocenters. The van der Waals surface area contributed by atoms with Crippen LogP contribution in [0.4, 0.5) is 4.79 Å². The van der Waals surface area contributed by atoms with Crippen LogP contribution in [-0.4, -0.2) is 17.0 Å². The maximum Gasteiger partial charge on any atom is 0.319 e. The molecule has 1 aromatic rings. The SMILES string of the molecule is CC1=C(C(N)=O)C(c2cc(C(C)(C)C)c(O)c(C(C)(C)C)c2)NC(=O)N1. The van der Waals surface area contributed by atoms with Crippen molar-refractivity contribution in [2.24, 2.45) is 5.73 Å². The summed E-state index contributed by atoms with van der Waals surface area (Å²) in [5.41, 5.74) is 7.93. The number of allylic oxidation sites excluding steroid dienone is 1. The third-order valence-electron chi connectivity index (χ3n) is 4.62. The minimum atomic E-state index is -0.663. The summed E-state index contributed by atoms with van der Waals surface area (Å²) in [6.45, 7) is 13.7. The summed E-state index contributed by atoms with van der Waals surface area (Å²) in [5.74, 6) is -0.349. The Balaban J connectivity index is 2.78. The van der Waals surface area contributed by atoms with Gasteiger partial charge >= 0.3 is 6.03 Å². The third-order valence-corrected chi connectivity index (χ3v) is 4.62. The van der Waals surface area contributed by atoms with Crippen molar-refractivity contribution in [2.75, 3.05) is 0 Å². The number of phenolic OH excluding ortho intramolecular Hbond substituents is 1. The number of carbonyl (C=O) groups excluding carboxylic acids is 2. The van der Waals surface area contributed by atoms with Gasteiger partial charge in [-0.1, -0.05) is 41.5 Å². The molecular weight excluding hydrogens is 330 g/mol. The maximum atomic E-state index is 12.0. The van der Waals surface area contributed by atoms with E-state index in [9.17, 15) is 14.7 Å². The molecule has 5 N–H and O–H groups in total. The zero-order chi connectivity index (χ0) is 20.0. The Labute approximate surface area is 154 Å². The lowest BCUT2D eigenvalue weighted by Crippen LogP contribution is -2.46. The molecule has 0 fully saturated rings. The Bertz CT molecular complexity index is 760. The number of hydrogen-bond donors (Lipinski definition) is 4. The van der Waals surface area contributed by atoms with E-state index in [4.69, 9.17) is 5.73 Å². The number of urea groups is 1. The van der Waals surface area contributed by atoms with Gasteiger partial charge in [0, 0.05) is 5.70 Å². The van der Waals surface area contributed by atoms with Gasteiger partial charge in [-0.2, -0.15) is 0 Å². The molecule has 2 rings (SSSR count). The molecule has 1 aliphatic rings. The van der Waals surface area contributed by atoms with Gasteiger partial charge in [-0.05, 0) is 46.6 Å². The van der Waals surface area contributed by atoms with Gasteiger partial charge in [-0.15, -0.1) is 0 Å². The van der Waals surface area contributed by atoms with E-state index in [1.54, 1.807) is 6.92 Å². The fourth-order valence-electron chi connectivity index (χ4n) is 3.24. The normalized spacial score (nSPS) is 18.4. The first kappa shape index (κ1) is 19.8. The summed E-state index contributed by atoms with van der Waals surface area (Å²) in [5, 5.41) is 16.2. The number of phenols is 1. The van der Waals surface area contributed by atoms with Crippen molar-refractivity contribution in [1.82, 2.24) is 10.6 Å². The quantitative estimate of drug-likeness (QED) is 0.652. The van der Waals surface area contributed by atoms with E-state index in [2.05, 4.69) is 10.6 Å². The largest absolute Gasteiger partial charge is 0.507 e. The van der Waals surface area contributed by atoms with Crippen LogP contribution in [0.5, 0.6) is 5.75 Å². The monoisotopic (exact) mass is 359 g/mol. The summed E-state index contributed by atoms with van der Waals surface area (Å²) in [6.07, 6.45) is 0. The third kappa shape index (κ3) is 3.69. The lowest BCUT2D eigenvalue weighted by Gasteiger charge is -2.32. The van der Waals surface area contributed by atoms with Gasteiger partial charge in [0.25, 0.3) is 0 Å². The highest BCUT2D eigenvalue weighted by Gasteiger charge is 2.33. The van der Waals surface area contributed by atoms with Crippen molar-refractivity contribution in [3.05, 3.63) is 40.1 Å². The molecular formula is C20H29N3O3. The number of aromatic hydroxyl groups is 1. The predicted molar refractivity (Wildman–Crippen MR) is 102 cm³/mol. The number of amides is 3. The number of benzene rings is 1. The average Bonchev–Trinajstić information content (AvgIpc) is 2.43. The molecule has 0 saturated heterocycles. The Morgan fingerprint density at radius 1 is 1.08 bits per heavy atom. The molecule has 142 valence electrons. The van der Waals surface area contributed by atoms with Crippen LogP contribution in [0.2, 0.25) is 0 Å². The number of carbonyl (C=O) groups is 2. The number of nitrogens with two attached hydrogens (primary N) is 1. The second kappa shape index (κ2) is 6.34. The van der Waals surface area contributed by atoms with E-state index >= 15 is 0 Å². The van der Waals surface area contributed by atoms with E-state index in [1.165, 1.54) is 0 Å². The number of nitrogens with one attached hydrogen (secondary N) is 2. The Morgan fingerprint density at radius 3 is 1.92 bits per heavy atom. The van der Waals surface area contributed by atoms with Gasteiger partial charge in [-0.3, -0.25) is 4.79 Å². The molecule has 0 spiro atoms. The molecule has 0 radical (unpaired) electrons. The summed E-state index contributed by atoms with van der Waals surface area (Å²) >= 11 is 0. The first-order chi connectivity index (χ1) is 11.7. The molecule has 1 aliphatic heterocycles. The highest BCUT2D eigenvalue weighted by molar-refractivity contribution is 5.97. The van der Waals surface area contributed by atoms with Crippen molar-refractivity contribution in [2.45, 2.75) is 65.3 Å². The molecule has 3 amide bonds. The van der Waals surface area contributed by atoms with Crippen molar-refractivity contribution in [3.63, 3.8) is 0 Å². The number of primary amides is 1. The van der Waals surface area contributed by atoms with Crippen LogP contribution in [0.1, 0.15) is 71.2 Å². The highest BCUT2D eigenvalue weighted by atomic mass is 16.3. The van der Waals surface area contributed by atoms with Gasteiger partial charge in [0.05, 0.1) is 11.6 Å². The molecule has 6 heteroatoms. The fraction of sp³-hybridized carbons (Fsp3) is 0.500. The van der Waals surface area contributed by atoms with Gasteiger partial charge in [0.1, 0.15) is 5.75 Å². The Kier molecular flexibility index (Phi) is 4.83. The molecule has 1 heterocycles. The average molecular weight is 359 g/mol. The second-order valence-corrected chi connectivity index (χ2v) is 8.90. The van der Waals surface area contributed by atoms with Crippen molar-refractivity contribution in [1.29, 1.82) is 0 Å². The van der Waals surface area contributed by atoms with Crippen molar-refractivity contribution in [3.8, 4) is 5.75 Å². The number of hydrogen-bond acceptors (Lipinski definition) is 3. The number of rotatable bonds is 2. The second-order valence-electron chi connectivity index (χ2n) is 8.90. The van der Waals surface area contributed by atoms with E-state index in [0.29, 0.717) is 11.3 Å². The highest BCUT2D eigenvalue weighted by Crippen LogP contribution is 2.42. The van der Waals surface area contributed by atoms with Gasteiger partial charge in [0.15, 0.2) is 0 Å². The smallest absolute Gasteiger partial charge is 0.319 e. The maximum absolute atomic E-state index is 12.0. The van der Waals surface area contributed by atoms with E-state index in [1.807, 2.05) is 53.7 Å². The van der Waals surface area contributed by atoms with E-state index in [0.717, 1.165) is 16.7 Å². The predicted octanol–water partition coefficient (Wildman–Crippen LogP) is 3.10. The van der Waals surface area contributed by atoms with E-state index < -0.39 is 11.9 Å². The molecule has 0 bridgehead atoms. The fourth-order valence-corrected chi connectivity index (χ4v) is 3.24. The lowest BCUT2D eigenvalue weighted by atomic mass is 9.77. The van der Waals surface area contributed by atoms with Crippen LogP contribution >= 0.6 is 0 Å². The van der Waals surface area contributed by atoms with Crippen LogP contribution in [0.15, 0.2) is 23.4 Å². The summed E-state index contributed by atoms with van der Waals surface area (Å²) in [4.78, 5) is 24.0. The molecule has 6 nitrogen and oxygen atoms in total. The molecule has 0 aromatic heterocycles. The zero-order valence-corrected chi connectivity index (χ0v) is 16.6. The lowest BCUT2D eigenvalue weighted by molar-refractivity contribution is -0.115. The van der Waals surface area contributed by atoms with Crippen molar-refractivity contribution < 1.29 is 14.7 Å². The standard InChI is InChI=1S/C20H29N3O3/c1-10-14(17(21)25)15(23-18(26)22-10)11-8-12(19(2,3)4)16(24)13(9-11)20(5,6)7/h8-9,15,24H,1-7H3,(H2,21,25)(H2,22,23,26). The van der Waals surface area contributed by atoms with Gasteiger partial charge < -0.3 is 21.5 Å². The molecule has 0 saturated carbocycles. The van der Waals surface area contributed by atoms with Gasteiger partial charge in [-0.25, -0.2) is 4.79 Å². The topological polar surface area (TPSA) is 104 Å². The minimum absolute atomic E-state index is 0.246. The van der Waals surface area contributed by atoms with E-state index in [-0.39, 0.29) is 22.6 Å². The van der Waals surface area contributed by atoms with Crippen LogP contribution in [-0.2, 0) is 15.6 Å². The zero-order valence-electron chi connectivity index (χ0n) is 16.6. The summed E-state index contributed by atoms with van der Waals surface area (Å²) in [7, 11) is 0. The van der Waals surface area contributed by atoms with Crippen LogP contribution in [0, 0.1) is 0 Å². The van der Waals surface area contributed by atoms with Gasteiger partial charge in [0.2, 0.25) is 5.91 Å². The minimum Gasteiger partial charge on any atom is -0.507 e. The van der Waals surface area contributed by atoms with Crippen LogP contribution < -0.4 is 16.4 Å². The van der Waals surface area contributed by atoms with Crippen LogP contribution in [0.3, 0.4) is 0 Å². The summed E-state index contributed by atoms with van der Waals surface area (Å²) < 4.78 is 0. The van der Waals surface area contributed by atoms with Crippen molar-refractivity contribution >= 4 is 11.9 Å². The molecule has 0 aliphatic carbocycles. The van der Waals surface area contributed by atoms with Crippen LogP contribution in [0.25, 0.3) is 0 Å².